The van der Waals surface area contributed by atoms with Crippen LogP contribution in [0.3, 0.4) is 0 Å². The van der Waals surface area contributed by atoms with Crippen LogP contribution in [0.25, 0.3) is 0 Å². The minimum absolute atomic E-state index is 0.684. The van der Waals surface area contributed by atoms with Gasteiger partial charge in [-0.2, -0.15) is 5.10 Å². The summed E-state index contributed by atoms with van der Waals surface area (Å²) in [4.78, 5) is 0. The summed E-state index contributed by atoms with van der Waals surface area (Å²) in [6, 6.07) is 0. The van der Waals surface area contributed by atoms with E-state index in [0.29, 0.717) is 12.2 Å². The smallest absolute Gasteiger partial charge is 0.0719 e. The Kier molecular flexibility index (Phi) is 2.69. The first kappa shape index (κ1) is 8.59. The van der Waals surface area contributed by atoms with Crippen LogP contribution >= 0.6 is 0 Å². The normalized spacial score (nSPS) is 10.8. The predicted octanol–water partition coefficient (Wildman–Crippen LogP) is 1.60. The summed E-state index contributed by atoms with van der Waals surface area (Å²) in [5.74, 6) is 0. The molecule has 0 saturated carbocycles. The molecule has 0 spiro atoms. The maximum absolute atomic E-state index is 5.50. The number of hydrogen-bond donors (Lipinski definition) is 1. The van der Waals surface area contributed by atoms with Crippen LogP contribution in [0.1, 0.15) is 6.92 Å². The van der Waals surface area contributed by atoms with Crippen LogP contribution < -0.4 is 5.73 Å². The summed E-state index contributed by atoms with van der Waals surface area (Å²) >= 11 is 0. The highest BCUT2D eigenvalue weighted by atomic mass is 15.3. The lowest BCUT2D eigenvalue weighted by atomic mass is 10.3. The van der Waals surface area contributed by atoms with E-state index in [4.69, 9.17) is 5.73 Å². The van der Waals surface area contributed by atoms with Crippen LogP contribution in [0.5, 0.6) is 0 Å². The SMILES string of the molecule is C=C(/C=C\C)Cn1cc(N)cn1. The van der Waals surface area contributed by atoms with E-state index in [1.807, 2.05) is 19.1 Å². The van der Waals surface area contributed by atoms with Crippen LogP contribution in [0.15, 0.2) is 36.7 Å². The van der Waals surface area contributed by atoms with Crippen molar-refractivity contribution in [1.29, 1.82) is 0 Å². The van der Waals surface area contributed by atoms with Crippen molar-refractivity contribution in [2.45, 2.75) is 13.5 Å². The van der Waals surface area contributed by atoms with E-state index in [2.05, 4.69) is 11.7 Å². The monoisotopic (exact) mass is 163 g/mol. The molecule has 1 heterocycles. The zero-order valence-electron chi connectivity index (χ0n) is 7.20. The lowest BCUT2D eigenvalue weighted by Gasteiger charge is -1.99. The summed E-state index contributed by atoms with van der Waals surface area (Å²) in [5, 5.41) is 4.03. The van der Waals surface area contributed by atoms with Crippen molar-refractivity contribution < 1.29 is 0 Å². The molecular formula is C9H13N3. The second kappa shape index (κ2) is 3.76. The molecule has 1 rings (SSSR count). The lowest BCUT2D eigenvalue weighted by molar-refractivity contribution is 0.687. The maximum atomic E-state index is 5.50. The first-order valence-corrected chi connectivity index (χ1v) is 3.81. The highest BCUT2D eigenvalue weighted by molar-refractivity contribution is 5.30. The third-order valence-corrected chi connectivity index (χ3v) is 1.42. The summed E-state index contributed by atoms with van der Waals surface area (Å²) in [6.45, 7) is 6.52. The topological polar surface area (TPSA) is 43.8 Å². The molecule has 2 N–H and O–H groups in total. The van der Waals surface area contributed by atoms with Crippen molar-refractivity contribution in [3.8, 4) is 0 Å². The van der Waals surface area contributed by atoms with Crippen molar-refractivity contribution >= 4 is 5.69 Å². The number of nitrogen functional groups attached to an aromatic ring is 1. The molecule has 0 aliphatic carbocycles. The first-order valence-electron chi connectivity index (χ1n) is 3.81. The average Bonchev–Trinajstić information content (AvgIpc) is 2.36. The Morgan fingerprint density at radius 3 is 3.08 bits per heavy atom. The number of rotatable bonds is 3. The average molecular weight is 163 g/mol. The fourth-order valence-corrected chi connectivity index (χ4v) is 0.963. The third kappa shape index (κ3) is 2.27. The molecule has 0 aliphatic heterocycles. The van der Waals surface area contributed by atoms with Gasteiger partial charge in [-0.3, -0.25) is 4.68 Å². The van der Waals surface area contributed by atoms with Gasteiger partial charge >= 0.3 is 0 Å². The number of nitrogens with two attached hydrogens (primary N) is 1. The molecule has 3 nitrogen and oxygen atoms in total. The van der Waals surface area contributed by atoms with Gasteiger partial charge in [0.15, 0.2) is 0 Å². The standard InChI is InChI=1S/C9H13N3/c1-3-4-8(2)6-12-7-9(10)5-11-12/h3-5,7H,2,6,10H2,1H3/b4-3-. The number of anilines is 1. The summed E-state index contributed by atoms with van der Waals surface area (Å²) in [6.07, 6.45) is 7.32. The van der Waals surface area contributed by atoms with Crippen LogP contribution in [0.2, 0.25) is 0 Å². The Morgan fingerprint density at radius 2 is 2.58 bits per heavy atom. The molecule has 0 radical (unpaired) electrons. The lowest BCUT2D eigenvalue weighted by Crippen LogP contribution is -1.98. The second-order valence-corrected chi connectivity index (χ2v) is 2.63. The molecule has 0 unspecified atom stereocenters. The summed E-state index contributed by atoms with van der Waals surface area (Å²) < 4.78 is 1.76. The number of allylic oxidation sites excluding steroid dienone is 3. The quantitative estimate of drug-likeness (QED) is 0.688. The van der Waals surface area contributed by atoms with Crippen molar-refractivity contribution in [2.24, 2.45) is 0 Å². The minimum atomic E-state index is 0.684. The van der Waals surface area contributed by atoms with Gasteiger partial charge in [0.05, 0.1) is 18.4 Å². The van der Waals surface area contributed by atoms with E-state index in [1.165, 1.54) is 0 Å². The van der Waals surface area contributed by atoms with E-state index in [0.717, 1.165) is 5.57 Å². The number of hydrogen-bond acceptors (Lipinski definition) is 2. The van der Waals surface area contributed by atoms with Crippen LogP contribution in [-0.2, 0) is 6.54 Å². The van der Waals surface area contributed by atoms with Gasteiger partial charge in [0.25, 0.3) is 0 Å². The molecule has 0 aliphatic rings. The highest BCUT2D eigenvalue weighted by Crippen LogP contribution is 2.02. The van der Waals surface area contributed by atoms with E-state index in [1.54, 1.807) is 17.1 Å². The van der Waals surface area contributed by atoms with E-state index >= 15 is 0 Å². The Labute approximate surface area is 72.2 Å². The van der Waals surface area contributed by atoms with Gasteiger partial charge in [-0.05, 0) is 12.5 Å². The highest BCUT2D eigenvalue weighted by Gasteiger charge is 1.94. The van der Waals surface area contributed by atoms with Crippen LogP contribution in [-0.4, -0.2) is 9.78 Å². The predicted molar refractivity (Wildman–Crippen MR) is 50.6 cm³/mol. The zero-order valence-corrected chi connectivity index (χ0v) is 7.20. The second-order valence-electron chi connectivity index (χ2n) is 2.63. The van der Waals surface area contributed by atoms with Gasteiger partial charge in [-0.15, -0.1) is 0 Å². The zero-order chi connectivity index (χ0) is 8.97. The van der Waals surface area contributed by atoms with Gasteiger partial charge in [0.1, 0.15) is 0 Å². The first-order chi connectivity index (χ1) is 5.72. The fourth-order valence-electron chi connectivity index (χ4n) is 0.963. The third-order valence-electron chi connectivity index (χ3n) is 1.42. The Bertz CT molecular complexity index is 296. The molecule has 1 aromatic heterocycles. The summed E-state index contributed by atoms with van der Waals surface area (Å²) in [5.41, 5.74) is 7.20. The molecule has 0 amide bonds. The van der Waals surface area contributed by atoms with E-state index < -0.39 is 0 Å². The van der Waals surface area contributed by atoms with Crippen molar-refractivity contribution in [2.75, 3.05) is 5.73 Å². The van der Waals surface area contributed by atoms with Crippen molar-refractivity contribution in [1.82, 2.24) is 9.78 Å². The molecular weight excluding hydrogens is 150 g/mol. The van der Waals surface area contributed by atoms with E-state index in [-0.39, 0.29) is 0 Å². The van der Waals surface area contributed by atoms with E-state index in [9.17, 15) is 0 Å². The Balaban J connectivity index is 2.58. The van der Waals surface area contributed by atoms with Gasteiger partial charge < -0.3 is 5.73 Å². The molecule has 0 aromatic carbocycles. The molecule has 3 heteroatoms. The number of aromatic nitrogens is 2. The minimum Gasteiger partial charge on any atom is -0.396 e. The van der Waals surface area contributed by atoms with Gasteiger partial charge in [-0.1, -0.05) is 18.7 Å². The number of nitrogens with zero attached hydrogens (tertiary/aromatic N) is 2. The van der Waals surface area contributed by atoms with Gasteiger partial charge in [0.2, 0.25) is 0 Å². The molecule has 0 fully saturated rings. The van der Waals surface area contributed by atoms with Crippen LogP contribution in [0.4, 0.5) is 5.69 Å². The van der Waals surface area contributed by atoms with Crippen LogP contribution in [0, 0.1) is 0 Å². The maximum Gasteiger partial charge on any atom is 0.0719 e. The molecule has 1 aromatic rings. The molecule has 12 heavy (non-hydrogen) atoms. The Morgan fingerprint density at radius 1 is 1.83 bits per heavy atom. The molecule has 0 atom stereocenters. The Hall–Kier alpha value is -1.51. The molecule has 0 bridgehead atoms. The molecule has 0 saturated heterocycles. The van der Waals surface area contributed by atoms with Gasteiger partial charge in [0, 0.05) is 6.20 Å². The fraction of sp³-hybridized carbons (Fsp3) is 0.222. The van der Waals surface area contributed by atoms with Crippen molar-refractivity contribution in [3.63, 3.8) is 0 Å². The van der Waals surface area contributed by atoms with Gasteiger partial charge in [-0.25, -0.2) is 0 Å². The molecule has 64 valence electrons. The summed E-state index contributed by atoms with van der Waals surface area (Å²) in [7, 11) is 0. The largest absolute Gasteiger partial charge is 0.396 e. The van der Waals surface area contributed by atoms with Crippen molar-refractivity contribution in [3.05, 3.63) is 36.7 Å².